The van der Waals surface area contributed by atoms with Gasteiger partial charge in [-0.1, -0.05) is 23.2 Å². The quantitative estimate of drug-likeness (QED) is 0.329. The number of carbonyl (C=O) groups excluding carboxylic acids is 2. The van der Waals surface area contributed by atoms with Gasteiger partial charge in [0.1, 0.15) is 10.3 Å². The number of aryl methyl sites for hydroxylation is 1. The molecule has 0 spiro atoms. The first kappa shape index (κ1) is 25.3. The van der Waals surface area contributed by atoms with Crippen LogP contribution in [-0.2, 0) is 4.79 Å². The minimum absolute atomic E-state index is 0.112. The summed E-state index contributed by atoms with van der Waals surface area (Å²) in [7, 11) is 0. The fourth-order valence-corrected chi connectivity index (χ4v) is 4.49. The van der Waals surface area contributed by atoms with Crippen molar-refractivity contribution < 1.29 is 14.0 Å². The molecule has 11 heteroatoms. The highest BCUT2D eigenvalue weighted by Crippen LogP contribution is 2.33. The lowest BCUT2D eigenvalue weighted by molar-refractivity contribution is -0.119. The molecule has 182 valence electrons. The predicted molar refractivity (Wildman–Crippen MR) is 138 cm³/mol. The van der Waals surface area contributed by atoms with Crippen LogP contribution in [0.25, 0.3) is 11.9 Å². The lowest BCUT2D eigenvalue weighted by Gasteiger charge is -2.15. The van der Waals surface area contributed by atoms with Crippen LogP contribution in [0.5, 0.6) is 0 Å². The highest BCUT2D eigenvalue weighted by Gasteiger charge is 2.29. The van der Waals surface area contributed by atoms with Gasteiger partial charge in [-0.25, -0.2) is 14.1 Å². The third-order valence-electron chi connectivity index (χ3n) is 5.61. The Morgan fingerprint density at radius 1 is 1.29 bits per heavy atom. The fraction of sp³-hybridized carbons (Fsp3) is 0.250. The van der Waals surface area contributed by atoms with Gasteiger partial charge in [-0.05, 0) is 84.4 Å². The van der Waals surface area contributed by atoms with Crippen LogP contribution in [0.15, 0.2) is 47.0 Å². The molecule has 0 radical (unpaired) electrons. The summed E-state index contributed by atoms with van der Waals surface area (Å²) in [5.41, 5.74) is 1.26. The van der Waals surface area contributed by atoms with Crippen molar-refractivity contribution in [2.45, 2.75) is 32.7 Å². The zero-order valence-electron chi connectivity index (χ0n) is 18.8. The molecule has 2 aromatic heterocycles. The van der Waals surface area contributed by atoms with Gasteiger partial charge in [-0.15, -0.1) is 0 Å². The van der Waals surface area contributed by atoms with Gasteiger partial charge in [-0.2, -0.15) is 5.10 Å². The van der Waals surface area contributed by atoms with Crippen LogP contribution >= 0.6 is 39.1 Å². The fourth-order valence-electron chi connectivity index (χ4n) is 3.63. The molecular formula is C24H21BrCl2FN5O2. The summed E-state index contributed by atoms with van der Waals surface area (Å²) < 4.78 is 16.5. The number of rotatable bonds is 7. The molecule has 1 atom stereocenters. The number of amides is 2. The SMILES string of the molecule is Cc1cc(Cl)cc(/C=C(\F)C(=O)NC(C)C2CC2)c1NC(=O)c1cc(Br)nn1-c1ncccc1Cl. The van der Waals surface area contributed by atoms with E-state index in [1.807, 2.05) is 6.92 Å². The Labute approximate surface area is 219 Å². The summed E-state index contributed by atoms with van der Waals surface area (Å²) in [5.74, 6) is -1.69. The van der Waals surface area contributed by atoms with E-state index in [1.165, 1.54) is 23.0 Å². The summed E-state index contributed by atoms with van der Waals surface area (Å²) in [6, 6.07) is 7.80. The maximum absolute atomic E-state index is 14.8. The number of hydrogen-bond acceptors (Lipinski definition) is 4. The lowest BCUT2D eigenvalue weighted by Crippen LogP contribution is -2.34. The molecule has 1 aromatic carbocycles. The molecule has 2 amide bonds. The number of anilines is 1. The van der Waals surface area contributed by atoms with E-state index in [-0.39, 0.29) is 23.1 Å². The number of halogens is 4. The monoisotopic (exact) mass is 579 g/mol. The smallest absolute Gasteiger partial charge is 0.280 e. The van der Waals surface area contributed by atoms with E-state index in [9.17, 15) is 14.0 Å². The summed E-state index contributed by atoms with van der Waals surface area (Å²) >= 11 is 15.7. The molecule has 1 aliphatic carbocycles. The molecule has 1 unspecified atom stereocenters. The van der Waals surface area contributed by atoms with Crippen molar-refractivity contribution in [1.29, 1.82) is 0 Å². The van der Waals surface area contributed by atoms with Crippen molar-refractivity contribution >= 4 is 62.7 Å². The van der Waals surface area contributed by atoms with Crippen LogP contribution in [0, 0.1) is 12.8 Å². The Balaban J connectivity index is 1.65. The highest BCUT2D eigenvalue weighted by molar-refractivity contribution is 9.10. The van der Waals surface area contributed by atoms with Crippen LogP contribution in [0.2, 0.25) is 10.0 Å². The van der Waals surface area contributed by atoms with Crippen molar-refractivity contribution in [2.24, 2.45) is 5.92 Å². The van der Waals surface area contributed by atoms with Gasteiger partial charge in [0.25, 0.3) is 11.8 Å². The molecule has 0 bridgehead atoms. The van der Waals surface area contributed by atoms with Gasteiger partial charge in [0, 0.05) is 28.9 Å². The van der Waals surface area contributed by atoms with E-state index in [0.29, 0.717) is 31.8 Å². The molecular weight excluding hydrogens is 560 g/mol. The maximum atomic E-state index is 14.8. The highest BCUT2D eigenvalue weighted by atomic mass is 79.9. The molecule has 0 saturated heterocycles. The summed E-state index contributed by atoms with van der Waals surface area (Å²) in [5, 5.41) is 10.4. The number of carbonyl (C=O) groups is 2. The molecule has 4 rings (SSSR count). The molecule has 35 heavy (non-hydrogen) atoms. The zero-order valence-corrected chi connectivity index (χ0v) is 21.9. The topological polar surface area (TPSA) is 88.9 Å². The Morgan fingerprint density at radius 2 is 2.03 bits per heavy atom. The first-order chi connectivity index (χ1) is 16.6. The largest absolute Gasteiger partial charge is 0.347 e. The lowest BCUT2D eigenvalue weighted by atomic mass is 10.1. The van der Waals surface area contributed by atoms with Crippen LogP contribution in [0.4, 0.5) is 10.1 Å². The van der Waals surface area contributed by atoms with Crippen LogP contribution < -0.4 is 10.6 Å². The Morgan fingerprint density at radius 3 is 2.71 bits per heavy atom. The minimum atomic E-state index is -0.984. The van der Waals surface area contributed by atoms with Crippen LogP contribution in [-0.4, -0.2) is 32.6 Å². The molecule has 0 aliphatic heterocycles. The number of hydrogen-bond donors (Lipinski definition) is 2. The van der Waals surface area contributed by atoms with Gasteiger partial charge in [0.15, 0.2) is 11.6 Å². The first-order valence-electron chi connectivity index (χ1n) is 10.8. The third-order valence-corrected chi connectivity index (χ3v) is 6.51. The second-order valence-electron chi connectivity index (χ2n) is 8.31. The number of nitrogens with zero attached hydrogens (tertiary/aromatic N) is 3. The van der Waals surface area contributed by atoms with Crippen molar-refractivity contribution in [3.8, 4) is 5.82 Å². The Hall–Kier alpha value is -2.75. The van der Waals surface area contributed by atoms with E-state index >= 15 is 0 Å². The number of pyridine rings is 1. The predicted octanol–water partition coefficient (Wildman–Crippen LogP) is 6.12. The number of nitrogens with one attached hydrogen (secondary N) is 2. The maximum Gasteiger partial charge on any atom is 0.280 e. The van der Waals surface area contributed by atoms with Crippen molar-refractivity contribution in [3.05, 3.63) is 73.8 Å². The summed E-state index contributed by atoms with van der Waals surface area (Å²) in [6.45, 7) is 3.57. The van der Waals surface area contributed by atoms with Crippen LogP contribution in [0.3, 0.4) is 0 Å². The van der Waals surface area contributed by atoms with Crippen molar-refractivity contribution in [3.63, 3.8) is 0 Å². The summed E-state index contributed by atoms with van der Waals surface area (Å²) in [6.07, 6.45) is 4.63. The molecule has 2 heterocycles. The second-order valence-corrected chi connectivity index (χ2v) is 9.96. The van der Waals surface area contributed by atoms with E-state index in [0.717, 1.165) is 18.9 Å². The number of aromatic nitrogens is 3. The second kappa shape index (κ2) is 10.5. The minimum Gasteiger partial charge on any atom is -0.347 e. The van der Waals surface area contributed by atoms with Gasteiger partial charge in [0.05, 0.1) is 10.7 Å². The molecule has 3 aromatic rings. The Bertz CT molecular complexity index is 1340. The van der Waals surface area contributed by atoms with E-state index in [2.05, 4.69) is 36.6 Å². The number of benzene rings is 1. The average Bonchev–Trinajstić information content (AvgIpc) is 3.58. The van der Waals surface area contributed by atoms with Gasteiger partial charge < -0.3 is 10.6 Å². The summed E-state index contributed by atoms with van der Waals surface area (Å²) in [4.78, 5) is 29.8. The van der Waals surface area contributed by atoms with Gasteiger partial charge in [0.2, 0.25) is 0 Å². The molecule has 2 N–H and O–H groups in total. The van der Waals surface area contributed by atoms with Crippen LogP contribution in [0.1, 0.15) is 41.4 Å². The van der Waals surface area contributed by atoms with Gasteiger partial charge >= 0.3 is 0 Å². The van der Waals surface area contributed by atoms with E-state index in [1.54, 1.807) is 25.1 Å². The first-order valence-corrected chi connectivity index (χ1v) is 12.3. The average molecular weight is 581 g/mol. The normalized spacial score (nSPS) is 14.5. The molecule has 1 saturated carbocycles. The van der Waals surface area contributed by atoms with Crippen molar-refractivity contribution in [1.82, 2.24) is 20.1 Å². The standard InChI is InChI=1S/C24H21BrCl2FN5O2/c1-12-8-16(26)9-15(10-18(28)23(34)30-13(2)14-5-6-14)21(12)31-24(35)19-11-20(25)32-33(19)22-17(27)4-3-7-29-22/h3-4,7-11,13-14H,5-6H2,1-2H3,(H,30,34)(H,31,35)/b18-10-. The zero-order chi connectivity index (χ0) is 25.3. The van der Waals surface area contributed by atoms with Gasteiger partial charge in [-0.3, -0.25) is 9.59 Å². The van der Waals surface area contributed by atoms with Crippen molar-refractivity contribution in [2.75, 3.05) is 5.32 Å². The molecule has 1 aliphatic rings. The van der Waals surface area contributed by atoms with E-state index in [4.69, 9.17) is 23.2 Å². The molecule has 1 fully saturated rings. The third kappa shape index (κ3) is 5.91. The Kier molecular flexibility index (Phi) is 7.59. The molecule has 7 nitrogen and oxygen atoms in total. The van der Waals surface area contributed by atoms with E-state index < -0.39 is 17.6 Å².